The molecule has 1 rings (SSSR count). The van der Waals surface area contributed by atoms with Crippen LogP contribution in [0.1, 0.15) is 19.4 Å². The highest BCUT2D eigenvalue weighted by atomic mass is 35.5. The van der Waals surface area contributed by atoms with Crippen LogP contribution in [0.4, 0.5) is 0 Å². The van der Waals surface area contributed by atoms with E-state index in [2.05, 4.69) is 29.5 Å². The van der Waals surface area contributed by atoms with Crippen LogP contribution in [-0.2, 0) is 6.54 Å². The average molecular weight is 274 g/mol. The first-order valence-corrected chi connectivity index (χ1v) is 6.19. The quantitative estimate of drug-likeness (QED) is 0.656. The Kier molecular flexibility index (Phi) is 5.59. The molecule has 2 N–H and O–H groups in total. The van der Waals surface area contributed by atoms with E-state index in [9.17, 15) is 0 Å². The Morgan fingerprint density at radius 3 is 2.59 bits per heavy atom. The van der Waals surface area contributed by atoms with Gasteiger partial charge in [-0.3, -0.25) is 4.99 Å². The lowest BCUT2D eigenvalue weighted by Gasteiger charge is -2.14. The van der Waals surface area contributed by atoms with Crippen molar-refractivity contribution in [2.75, 3.05) is 7.05 Å². The molecule has 1 aromatic rings. The van der Waals surface area contributed by atoms with Crippen LogP contribution in [0.15, 0.2) is 23.2 Å². The summed E-state index contributed by atoms with van der Waals surface area (Å²) < 4.78 is 0. The predicted octanol–water partition coefficient (Wildman–Crippen LogP) is 3.07. The largest absolute Gasteiger partial charge is 0.354 e. The monoisotopic (exact) mass is 273 g/mol. The number of halogens is 2. The van der Waals surface area contributed by atoms with Crippen molar-refractivity contribution in [3.63, 3.8) is 0 Å². The first-order chi connectivity index (χ1) is 8.02. The van der Waals surface area contributed by atoms with E-state index in [-0.39, 0.29) is 0 Å². The summed E-state index contributed by atoms with van der Waals surface area (Å²) in [6, 6.07) is 5.80. The molecular weight excluding hydrogens is 257 g/mol. The van der Waals surface area contributed by atoms with Crippen LogP contribution in [0.2, 0.25) is 10.0 Å². The van der Waals surface area contributed by atoms with Crippen LogP contribution in [0.5, 0.6) is 0 Å². The minimum atomic E-state index is 0.335. The van der Waals surface area contributed by atoms with E-state index >= 15 is 0 Å². The van der Waals surface area contributed by atoms with Gasteiger partial charge in [-0.05, 0) is 31.5 Å². The summed E-state index contributed by atoms with van der Waals surface area (Å²) in [6.45, 7) is 4.73. The normalized spacial score (nSPS) is 11.8. The molecule has 0 aromatic heterocycles. The van der Waals surface area contributed by atoms with Gasteiger partial charge < -0.3 is 10.6 Å². The Balaban J connectivity index is 2.60. The summed E-state index contributed by atoms with van der Waals surface area (Å²) in [5.74, 6) is 0.756. The van der Waals surface area contributed by atoms with Crippen LogP contribution in [0, 0.1) is 0 Å². The van der Waals surface area contributed by atoms with Crippen molar-refractivity contribution < 1.29 is 0 Å². The van der Waals surface area contributed by atoms with Crippen molar-refractivity contribution in [3.05, 3.63) is 33.8 Å². The highest BCUT2D eigenvalue weighted by molar-refractivity contribution is 6.35. The smallest absolute Gasteiger partial charge is 0.191 e. The lowest BCUT2D eigenvalue weighted by atomic mass is 10.2. The zero-order valence-corrected chi connectivity index (χ0v) is 11.7. The molecule has 5 heteroatoms. The Bertz CT molecular complexity index is 403. The van der Waals surface area contributed by atoms with Crippen molar-refractivity contribution in [1.29, 1.82) is 0 Å². The minimum Gasteiger partial charge on any atom is -0.354 e. The van der Waals surface area contributed by atoms with E-state index in [0.29, 0.717) is 22.6 Å². The van der Waals surface area contributed by atoms with Gasteiger partial charge in [0.05, 0.1) is 0 Å². The van der Waals surface area contributed by atoms with Gasteiger partial charge in [0, 0.05) is 29.7 Å². The molecule has 1 aromatic carbocycles. The maximum absolute atomic E-state index is 6.08. The summed E-state index contributed by atoms with van der Waals surface area (Å²) in [6.07, 6.45) is 0. The van der Waals surface area contributed by atoms with Crippen molar-refractivity contribution in [3.8, 4) is 0 Å². The Morgan fingerprint density at radius 2 is 2.06 bits per heavy atom. The molecule has 0 fully saturated rings. The van der Waals surface area contributed by atoms with Gasteiger partial charge in [-0.15, -0.1) is 0 Å². The second-order valence-electron chi connectivity index (χ2n) is 3.96. The van der Waals surface area contributed by atoms with Crippen molar-refractivity contribution in [2.45, 2.75) is 26.4 Å². The maximum atomic E-state index is 6.08. The zero-order valence-electron chi connectivity index (χ0n) is 10.2. The highest BCUT2D eigenvalue weighted by Gasteiger charge is 2.03. The third-order valence-corrected chi connectivity index (χ3v) is 2.70. The molecule has 0 bridgehead atoms. The van der Waals surface area contributed by atoms with Gasteiger partial charge in [0.15, 0.2) is 5.96 Å². The molecule has 0 aliphatic rings. The van der Waals surface area contributed by atoms with Crippen molar-refractivity contribution >= 4 is 29.2 Å². The summed E-state index contributed by atoms with van der Waals surface area (Å²) in [5.41, 5.74) is 0.989. The summed E-state index contributed by atoms with van der Waals surface area (Å²) >= 11 is 11.9. The van der Waals surface area contributed by atoms with Crippen LogP contribution in [0.3, 0.4) is 0 Å². The molecule has 0 saturated heterocycles. The van der Waals surface area contributed by atoms with Gasteiger partial charge in [0.1, 0.15) is 0 Å². The topological polar surface area (TPSA) is 36.4 Å². The SMILES string of the molecule is CN=C(NCc1ccc(Cl)cc1Cl)NC(C)C. The molecular formula is C12H17Cl2N3. The van der Waals surface area contributed by atoms with Gasteiger partial charge in [0.2, 0.25) is 0 Å². The number of rotatable bonds is 3. The highest BCUT2D eigenvalue weighted by Crippen LogP contribution is 2.20. The molecule has 0 unspecified atom stereocenters. The van der Waals surface area contributed by atoms with E-state index < -0.39 is 0 Å². The molecule has 0 atom stereocenters. The van der Waals surface area contributed by atoms with Crippen LogP contribution in [-0.4, -0.2) is 19.0 Å². The van der Waals surface area contributed by atoms with E-state index in [1.165, 1.54) is 0 Å². The molecule has 17 heavy (non-hydrogen) atoms. The van der Waals surface area contributed by atoms with E-state index in [4.69, 9.17) is 23.2 Å². The predicted molar refractivity (Wildman–Crippen MR) is 74.9 cm³/mol. The maximum Gasteiger partial charge on any atom is 0.191 e. The Hall–Kier alpha value is -0.930. The van der Waals surface area contributed by atoms with Crippen molar-refractivity contribution in [1.82, 2.24) is 10.6 Å². The molecule has 0 spiro atoms. The first-order valence-electron chi connectivity index (χ1n) is 5.44. The Morgan fingerprint density at radius 1 is 1.35 bits per heavy atom. The fourth-order valence-electron chi connectivity index (χ4n) is 1.31. The third-order valence-electron chi connectivity index (χ3n) is 2.11. The second-order valence-corrected chi connectivity index (χ2v) is 4.80. The van der Waals surface area contributed by atoms with E-state index in [1.807, 2.05) is 12.1 Å². The number of guanidine groups is 1. The molecule has 3 nitrogen and oxygen atoms in total. The summed E-state index contributed by atoms with van der Waals surface area (Å²) in [7, 11) is 1.74. The molecule has 0 saturated carbocycles. The van der Waals surface area contributed by atoms with Crippen LogP contribution >= 0.6 is 23.2 Å². The minimum absolute atomic E-state index is 0.335. The lowest BCUT2D eigenvalue weighted by molar-refractivity contribution is 0.699. The molecule has 0 amide bonds. The van der Waals surface area contributed by atoms with E-state index in [1.54, 1.807) is 13.1 Å². The summed E-state index contributed by atoms with van der Waals surface area (Å²) in [5, 5.41) is 7.69. The van der Waals surface area contributed by atoms with E-state index in [0.717, 1.165) is 11.5 Å². The number of hydrogen-bond acceptors (Lipinski definition) is 1. The number of benzene rings is 1. The second kappa shape index (κ2) is 6.72. The Labute approximate surface area is 112 Å². The van der Waals surface area contributed by atoms with Crippen LogP contribution < -0.4 is 10.6 Å². The number of hydrogen-bond donors (Lipinski definition) is 2. The fourth-order valence-corrected chi connectivity index (χ4v) is 1.79. The van der Waals surface area contributed by atoms with Gasteiger partial charge >= 0.3 is 0 Å². The summed E-state index contributed by atoms with van der Waals surface area (Å²) in [4.78, 5) is 4.12. The molecule has 0 aliphatic carbocycles. The first kappa shape index (κ1) is 14.1. The number of nitrogens with zero attached hydrogens (tertiary/aromatic N) is 1. The average Bonchev–Trinajstić information content (AvgIpc) is 2.25. The van der Waals surface area contributed by atoms with Crippen LogP contribution in [0.25, 0.3) is 0 Å². The van der Waals surface area contributed by atoms with Gasteiger partial charge in [0.25, 0.3) is 0 Å². The fraction of sp³-hybridized carbons (Fsp3) is 0.417. The van der Waals surface area contributed by atoms with Gasteiger partial charge in [-0.25, -0.2) is 0 Å². The number of nitrogens with one attached hydrogen (secondary N) is 2. The number of aliphatic imine (C=N–C) groups is 1. The van der Waals surface area contributed by atoms with Gasteiger partial charge in [-0.1, -0.05) is 29.3 Å². The molecule has 94 valence electrons. The molecule has 0 aliphatic heterocycles. The molecule has 0 heterocycles. The third kappa shape index (κ3) is 4.84. The van der Waals surface area contributed by atoms with Gasteiger partial charge in [-0.2, -0.15) is 0 Å². The standard InChI is InChI=1S/C12H17Cl2N3/c1-8(2)17-12(15-3)16-7-9-4-5-10(13)6-11(9)14/h4-6,8H,7H2,1-3H3,(H2,15,16,17). The zero-order chi connectivity index (χ0) is 12.8. The molecule has 0 radical (unpaired) electrons. The van der Waals surface area contributed by atoms with Crippen molar-refractivity contribution in [2.24, 2.45) is 4.99 Å². The lowest BCUT2D eigenvalue weighted by Crippen LogP contribution is -2.40.